The Kier molecular flexibility index (Phi) is 4.08. The van der Waals surface area contributed by atoms with Crippen LogP contribution in [0.4, 0.5) is 0 Å². The van der Waals surface area contributed by atoms with Crippen molar-refractivity contribution in [3.8, 4) is 22.6 Å². The number of hydrogen-bond donors (Lipinski definition) is 0. The van der Waals surface area contributed by atoms with Crippen molar-refractivity contribution in [3.63, 3.8) is 0 Å². The number of hydrogen-bond acceptors (Lipinski definition) is 3. The molecule has 0 spiro atoms. The zero-order chi connectivity index (χ0) is 17.4. The second kappa shape index (κ2) is 6.40. The van der Waals surface area contributed by atoms with E-state index in [1.54, 1.807) is 14.2 Å². The topological polar surface area (TPSA) is 31.4 Å². The third-order valence-electron chi connectivity index (χ3n) is 5.20. The molecule has 0 N–H and O–H groups in total. The first-order valence-electron chi connectivity index (χ1n) is 8.85. The predicted molar refractivity (Wildman–Crippen MR) is 102 cm³/mol. The van der Waals surface area contributed by atoms with Gasteiger partial charge < -0.3 is 9.47 Å². The summed E-state index contributed by atoms with van der Waals surface area (Å²) in [5.41, 5.74) is 7.60. The van der Waals surface area contributed by atoms with E-state index >= 15 is 0 Å². The van der Waals surface area contributed by atoms with E-state index in [9.17, 15) is 0 Å². The number of methoxy groups -OCH3 is 2. The number of nitrogens with zero attached hydrogens (tertiary/aromatic N) is 1. The molecule has 1 aromatic heterocycles. The summed E-state index contributed by atoms with van der Waals surface area (Å²) in [6, 6.07) is 10.9. The molecule has 2 aromatic carbocycles. The molecule has 1 aliphatic rings. The van der Waals surface area contributed by atoms with Gasteiger partial charge in [0, 0.05) is 17.6 Å². The molecule has 0 fully saturated rings. The summed E-state index contributed by atoms with van der Waals surface area (Å²) in [7, 11) is 3.33. The molecule has 4 rings (SSSR count). The van der Waals surface area contributed by atoms with Gasteiger partial charge in [-0.15, -0.1) is 0 Å². The Labute approximate surface area is 148 Å². The molecule has 0 saturated carbocycles. The fourth-order valence-electron chi connectivity index (χ4n) is 3.89. The lowest BCUT2D eigenvalue weighted by atomic mass is 9.87. The average Bonchev–Trinajstić information content (AvgIpc) is 2.66. The highest BCUT2D eigenvalue weighted by atomic mass is 16.5. The minimum atomic E-state index is 0.711. The fraction of sp³-hybridized carbons (Fsp3) is 0.318. The number of aryl methyl sites for hydroxylation is 3. The summed E-state index contributed by atoms with van der Waals surface area (Å²) in [4.78, 5) is 4.60. The van der Waals surface area contributed by atoms with Gasteiger partial charge in [0.05, 0.1) is 19.7 Å². The molecule has 0 radical (unpaired) electrons. The molecule has 0 saturated heterocycles. The van der Waals surface area contributed by atoms with Crippen LogP contribution in [-0.4, -0.2) is 19.2 Å². The molecule has 128 valence electrons. The van der Waals surface area contributed by atoms with Gasteiger partial charge in [-0.3, -0.25) is 4.98 Å². The zero-order valence-corrected chi connectivity index (χ0v) is 15.1. The lowest BCUT2D eigenvalue weighted by Crippen LogP contribution is -2.02. The smallest absolute Gasteiger partial charge is 0.162 e. The van der Waals surface area contributed by atoms with Crippen LogP contribution in [0.2, 0.25) is 0 Å². The van der Waals surface area contributed by atoms with E-state index in [2.05, 4.69) is 30.1 Å². The Hall–Kier alpha value is -2.55. The van der Waals surface area contributed by atoms with Crippen molar-refractivity contribution in [1.29, 1.82) is 0 Å². The molecule has 0 unspecified atom stereocenters. The van der Waals surface area contributed by atoms with Crippen molar-refractivity contribution in [3.05, 3.63) is 53.2 Å². The van der Waals surface area contributed by atoms with Crippen molar-refractivity contribution in [2.75, 3.05) is 14.2 Å². The second-order valence-corrected chi connectivity index (χ2v) is 6.73. The van der Waals surface area contributed by atoms with Gasteiger partial charge in [-0.2, -0.15) is 0 Å². The van der Waals surface area contributed by atoms with E-state index in [4.69, 9.17) is 9.47 Å². The molecule has 1 aliphatic carbocycles. The van der Waals surface area contributed by atoms with Gasteiger partial charge in [-0.05, 0) is 66.5 Å². The van der Waals surface area contributed by atoms with Crippen LogP contribution in [-0.2, 0) is 12.8 Å². The maximum Gasteiger partial charge on any atom is 0.162 e. The standard InChI is InChI=1S/C22H23NO2/c1-14-13-23-19-12-21(25-3)20(24-2)11-18(19)22(14)17-9-8-15-6-4-5-7-16(15)10-17/h8-13H,4-7H2,1-3H3. The third-order valence-corrected chi connectivity index (χ3v) is 5.20. The zero-order valence-electron chi connectivity index (χ0n) is 15.1. The summed E-state index contributed by atoms with van der Waals surface area (Å²) < 4.78 is 10.9. The van der Waals surface area contributed by atoms with Crippen LogP contribution in [0.5, 0.6) is 11.5 Å². The third kappa shape index (κ3) is 2.74. The Morgan fingerprint density at radius 1 is 0.880 bits per heavy atom. The summed E-state index contributed by atoms with van der Waals surface area (Å²) in [6.45, 7) is 2.12. The lowest BCUT2D eigenvalue weighted by Gasteiger charge is -2.18. The van der Waals surface area contributed by atoms with Crippen LogP contribution in [0.1, 0.15) is 29.5 Å². The van der Waals surface area contributed by atoms with Gasteiger partial charge in [0.25, 0.3) is 0 Å². The second-order valence-electron chi connectivity index (χ2n) is 6.73. The van der Waals surface area contributed by atoms with Crippen molar-refractivity contribution in [1.82, 2.24) is 4.98 Å². The molecule has 0 amide bonds. The summed E-state index contributed by atoms with van der Waals surface area (Å²) in [5.74, 6) is 1.45. The lowest BCUT2D eigenvalue weighted by molar-refractivity contribution is 0.356. The monoisotopic (exact) mass is 333 g/mol. The van der Waals surface area contributed by atoms with Crippen LogP contribution in [0.3, 0.4) is 0 Å². The Bertz CT molecular complexity index is 946. The van der Waals surface area contributed by atoms with Crippen molar-refractivity contribution in [2.45, 2.75) is 32.6 Å². The van der Waals surface area contributed by atoms with E-state index in [0.717, 1.165) is 16.7 Å². The molecular formula is C22H23NO2. The van der Waals surface area contributed by atoms with Gasteiger partial charge in [-0.25, -0.2) is 0 Å². The molecule has 3 aromatic rings. The van der Waals surface area contributed by atoms with Crippen LogP contribution in [0, 0.1) is 6.92 Å². The molecule has 0 aliphatic heterocycles. The minimum Gasteiger partial charge on any atom is -0.493 e. The Morgan fingerprint density at radius 2 is 1.60 bits per heavy atom. The number of fused-ring (bicyclic) bond motifs is 2. The maximum absolute atomic E-state index is 5.51. The first-order valence-corrected chi connectivity index (χ1v) is 8.85. The summed E-state index contributed by atoms with van der Waals surface area (Å²) in [5, 5.41) is 1.11. The Balaban J connectivity index is 1.95. The first-order chi connectivity index (χ1) is 12.2. The van der Waals surface area contributed by atoms with E-state index in [0.29, 0.717) is 5.75 Å². The van der Waals surface area contributed by atoms with Gasteiger partial charge in [0.15, 0.2) is 11.5 Å². The number of rotatable bonds is 3. The fourth-order valence-corrected chi connectivity index (χ4v) is 3.89. The van der Waals surface area contributed by atoms with E-state index in [1.807, 2.05) is 18.3 Å². The average molecular weight is 333 g/mol. The van der Waals surface area contributed by atoms with E-state index in [-0.39, 0.29) is 0 Å². The Morgan fingerprint density at radius 3 is 2.36 bits per heavy atom. The SMILES string of the molecule is COc1cc2ncc(C)c(-c3ccc4c(c3)CCCC4)c2cc1OC. The van der Waals surface area contributed by atoms with E-state index < -0.39 is 0 Å². The molecule has 1 heterocycles. The van der Waals surface area contributed by atoms with Crippen molar-refractivity contribution < 1.29 is 9.47 Å². The van der Waals surface area contributed by atoms with Crippen LogP contribution in [0.25, 0.3) is 22.0 Å². The normalized spacial score (nSPS) is 13.6. The quantitative estimate of drug-likeness (QED) is 0.668. The molecule has 3 heteroatoms. The molecule has 3 nitrogen and oxygen atoms in total. The summed E-state index contributed by atoms with van der Waals surface area (Å²) >= 11 is 0. The highest BCUT2D eigenvalue weighted by Crippen LogP contribution is 2.38. The van der Waals surface area contributed by atoms with Gasteiger partial charge in [0.1, 0.15) is 0 Å². The first kappa shape index (κ1) is 15.9. The molecular weight excluding hydrogens is 310 g/mol. The van der Waals surface area contributed by atoms with Gasteiger partial charge in [0.2, 0.25) is 0 Å². The predicted octanol–water partition coefficient (Wildman–Crippen LogP) is 5.11. The van der Waals surface area contributed by atoms with Gasteiger partial charge >= 0.3 is 0 Å². The van der Waals surface area contributed by atoms with Crippen molar-refractivity contribution in [2.24, 2.45) is 0 Å². The van der Waals surface area contributed by atoms with E-state index in [1.165, 1.54) is 53.5 Å². The highest BCUT2D eigenvalue weighted by Gasteiger charge is 2.15. The minimum absolute atomic E-state index is 0.711. The highest BCUT2D eigenvalue weighted by molar-refractivity contribution is 5.97. The van der Waals surface area contributed by atoms with Crippen LogP contribution < -0.4 is 9.47 Å². The molecule has 25 heavy (non-hydrogen) atoms. The molecule has 0 atom stereocenters. The van der Waals surface area contributed by atoms with Crippen LogP contribution in [0.15, 0.2) is 36.5 Å². The number of aromatic nitrogens is 1. The van der Waals surface area contributed by atoms with Crippen molar-refractivity contribution >= 4 is 10.9 Å². The van der Waals surface area contributed by atoms with Gasteiger partial charge in [-0.1, -0.05) is 18.2 Å². The number of pyridine rings is 1. The van der Waals surface area contributed by atoms with Crippen LogP contribution >= 0.6 is 0 Å². The maximum atomic E-state index is 5.51. The molecule has 0 bridgehead atoms. The number of benzene rings is 2. The largest absolute Gasteiger partial charge is 0.493 e. The number of ether oxygens (including phenoxy) is 2. The summed E-state index contributed by atoms with van der Waals surface area (Å²) in [6.07, 6.45) is 6.93.